The maximum absolute atomic E-state index is 12.1. The molecule has 2 aromatic carbocycles. The van der Waals surface area contributed by atoms with Crippen molar-refractivity contribution in [2.75, 3.05) is 5.32 Å². The summed E-state index contributed by atoms with van der Waals surface area (Å²) in [6.45, 7) is 0.331. The monoisotopic (exact) mass is 310 g/mol. The van der Waals surface area contributed by atoms with Crippen LogP contribution in [-0.2, 0) is 11.3 Å². The van der Waals surface area contributed by atoms with Crippen molar-refractivity contribution in [1.29, 1.82) is 0 Å². The standard InChI is InChI=1S/C16H14N4O3/c21-16(8-9-19-10-15(17-11-19)20(22)23)18-14-7-3-5-12-4-1-2-6-13(12)14/h1-7,10-11H,8-9H2,(H,18,21). The van der Waals surface area contributed by atoms with Gasteiger partial charge in [0.15, 0.2) is 0 Å². The number of carbonyl (C=O) groups is 1. The van der Waals surface area contributed by atoms with Crippen LogP contribution in [0.2, 0.25) is 0 Å². The minimum atomic E-state index is -0.563. The van der Waals surface area contributed by atoms with Gasteiger partial charge in [0.1, 0.15) is 6.20 Å². The molecule has 0 spiro atoms. The van der Waals surface area contributed by atoms with Crippen LogP contribution in [-0.4, -0.2) is 20.4 Å². The van der Waals surface area contributed by atoms with Crippen LogP contribution in [0.4, 0.5) is 11.5 Å². The van der Waals surface area contributed by atoms with E-state index in [1.165, 1.54) is 17.1 Å². The number of aromatic nitrogens is 2. The summed E-state index contributed by atoms with van der Waals surface area (Å²) >= 11 is 0. The quantitative estimate of drug-likeness (QED) is 0.579. The van der Waals surface area contributed by atoms with E-state index in [2.05, 4.69) is 10.3 Å². The van der Waals surface area contributed by atoms with E-state index < -0.39 is 4.92 Å². The summed E-state index contributed by atoms with van der Waals surface area (Å²) in [6, 6.07) is 13.5. The van der Waals surface area contributed by atoms with Crippen LogP contribution in [0.5, 0.6) is 0 Å². The lowest BCUT2D eigenvalue weighted by atomic mass is 10.1. The molecule has 1 N–H and O–H groups in total. The Kier molecular flexibility index (Phi) is 4.01. The van der Waals surface area contributed by atoms with E-state index in [4.69, 9.17) is 0 Å². The van der Waals surface area contributed by atoms with E-state index in [0.29, 0.717) is 6.54 Å². The molecule has 0 aliphatic carbocycles. The van der Waals surface area contributed by atoms with Crippen molar-refractivity contribution in [3.05, 3.63) is 65.1 Å². The Hall–Kier alpha value is -3.22. The van der Waals surface area contributed by atoms with Gasteiger partial charge in [-0.2, -0.15) is 0 Å². The highest BCUT2D eigenvalue weighted by molar-refractivity contribution is 6.02. The maximum atomic E-state index is 12.1. The lowest BCUT2D eigenvalue weighted by molar-refractivity contribution is -0.389. The first kappa shape index (κ1) is 14.7. The second-order valence-electron chi connectivity index (χ2n) is 5.05. The zero-order valence-corrected chi connectivity index (χ0v) is 12.2. The number of hydrogen-bond donors (Lipinski definition) is 1. The number of nitro groups is 1. The fraction of sp³-hybridized carbons (Fsp3) is 0.125. The molecule has 0 saturated heterocycles. The van der Waals surface area contributed by atoms with E-state index in [1.54, 1.807) is 0 Å². The number of nitrogens with zero attached hydrogens (tertiary/aromatic N) is 3. The van der Waals surface area contributed by atoms with Crippen molar-refractivity contribution >= 4 is 28.2 Å². The molecule has 23 heavy (non-hydrogen) atoms. The van der Waals surface area contributed by atoms with Crippen LogP contribution < -0.4 is 5.32 Å². The number of imidazole rings is 1. The molecule has 0 radical (unpaired) electrons. The van der Waals surface area contributed by atoms with Crippen molar-refractivity contribution in [2.24, 2.45) is 0 Å². The van der Waals surface area contributed by atoms with Crippen molar-refractivity contribution in [2.45, 2.75) is 13.0 Å². The topological polar surface area (TPSA) is 90.1 Å². The predicted molar refractivity (Wildman–Crippen MR) is 86.1 cm³/mol. The van der Waals surface area contributed by atoms with Gasteiger partial charge in [0.2, 0.25) is 12.2 Å². The Bertz CT molecular complexity index is 867. The van der Waals surface area contributed by atoms with Gasteiger partial charge in [0, 0.05) is 24.0 Å². The molecule has 7 nitrogen and oxygen atoms in total. The summed E-state index contributed by atoms with van der Waals surface area (Å²) in [5, 5.41) is 15.5. The fourth-order valence-electron chi connectivity index (χ4n) is 2.34. The lowest BCUT2D eigenvalue weighted by Gasteiger charge is -2.08. The molecule has 1 aromatic heterocycles. The number of amides is 1. The molecular formula is C16H14N4O3. The molecule has 3 aromatic rings. The average Bonchev–Trinajstić information content (AvgIpc) is 3.03. The van der Waals surface area contributed by atoms with Crippen LogP contribution in [0.15, 0.2) is 55.0 Å². The van der Waals surface area contributed by atoms with Gasteiger partial charge >= 0.3 is 5.82 Å². The highest BCUT2D eigenvalue weighted by Gasteiger charge is 2.11. The van der Waals surface area contributed by atoms with Gasteiger partial charge in [-0.25, -0.2) is 0 Å². The summed E-state index contributed by atoms with van der Waals surface area (Å²) in [5.74, 6) is -0.378. The Labute approximate surface area is 131 Å². The molecule has 0 fully saturated rings. The average molecular weight is 310 g/mol. The normalized spacial score (nSPS) is 10.6. The third kappa shape index (κ3) is 3.34. The summed E-state index contributed by atoms with van der Waals surface area (Å²) in [7, 11) is 0. The highest BCUT2D eigenvalue weighted by atomic mass is 16.6. The van der Waals surface area contributed by atoms with Crippen LogP contribution >= 0.6 is 0 Å². The fourth-order valence-corrected chi connectivity index (χ4v) is 2.34. The van der Waals surface area contributed by atoms with Crippen molar-refractivity contribution in [1.82, 2.24) is 9.55 Å². The van der Waals surface area contributed by atoms with E-state index in [1.807, 2.05) is 42.5 Å². The van der Waals surface area contributed by atoms with Crippen molar-refractivity contribution in [3.63, 3.8) is 0 Å². The molecular weight excluding hydrogens is 296 g/mol. The van der Waals surface area contributed by atoms with Gasteiger partial charge in [-0.05, 0) is 21.4 Å². The minimum Gasteiger partial charge on any atom is -0.358 e. The first-order valence-corrected chi connectivity index (χ1v) is 7.07. The predicted octanol–water partition coefficient (Wildman–Crippen LogP) is 2.97. The Morgan fingerprint density at radius 3 is 2.78 bits per heavy atom. The number of hydrogen-bond acceptors (Lipinski definition) is 4. The summed E-state index contributed by atoms with van der Waals surface area (Å²) in [5.41, 5.74) is 0.754. The smallest absolute Gasteiger partial charge is 0.358 e. The first-order chi connectivity index (χ1) is 11.1. The van der Waals surface area contributed by atoms with Gasteiger partial charge in [-0.3, -0.25) is 4.79 Å². The van der Waals surface area contributed by atoms with Crippen LogP contribution in [0.25, 0.3) is 10.8 Å². The molecule has 0 aliphatic rings. The molecule has 7 heteroatoms. The zero-order valence-electron chi connectivity index (χ0n) is 12.2. The molecule has 3 rings (SSSR count). The van der Waals surface area contributed by atoms with Gasteiger partial charge < -0.3 is 20.0 Å². The second-order valence-corrected chi connectivity index (χ2v) is 5.05. The number of benzene rings is 2. The van der Waals surface area contributed by atoms with Gasteiger partial charge in [0.25, 0.3) is 0 Å². The number of rotatable bonds is 5. The van der Waals surface area contributed by atoms with Gasteiger partial charge in [-0.15, -0.1) is 0 Å². The SMILES string of the molecule is O=C(CCn1cnc([N+](=O)[O-])c1)Nc1cccc2ccccc12. The summed E-state index contributed by atoms with van der Waals surface area (Å²) in [6.07, 6.45) is 2.87. The largest absolute Gasteiger partial charge is 0.381 e. The van der Waals surface area contributed by atoms with E-state index in [0.717, 1.165) is 16.5 Å². The zero-order chi connectivity index (χ0) is 16.2. The summed E-state index contributed by atoms with van der Waals surface area (Å²) < 4.78 is 1.53. The summed E-state index contributed by atoms with van der Waals surface area (Å²) in [4.78, 5) is 25.7. The molecule has 0 bridgehead atoms. The van der Waals surface area contributed by atoms with Gasteiger partial charge in [-0.1, -0.05) is 36.4 Å². The second kappa shape index (κ2) is 6.27. The number of anilines is 1. The van der Waals surface area contributed by atoms with Crippen LogP contribution in [0.3, 0.4) is 0 Å². The molecule has 0 saturated carbocycles. The Balaban J connectivity index is 1.65. The van der Waals surface area contributed by atoms with Crippen LogP contribution in [0, 0.1) is 10.1 Å². The Morgan fingerprint density at radius 2 is 2.00 bits per heavy atom. The highest BCUT2D eigenvalue weighted by Crippen LogP contribution is 2.23. The van der Waals surface area contributed by atoms with E-state index in [9.17, 15) is 14.9 Å². The molecule has 0 unspecified atom stereocenters. The Morgan fingerprint density at radius 1 is 1.22 bits per heavy atom. The van der Waals surface area contributed by atoms with E-state index in [-0.39, 0.29) is 18.1 Å². The number of aryl methyl sites for hydroxylation is 1. The number of nitrogens with one attached hydrogen (secondary N) is 1. The maximum Gasteiger partial charge on any atom is 0.381 e. The van der Waals surface area contributed by atoms with Crippen LogP contribution in [0.1, 0.15) is 6.42 Å². The molecule has 1 heterocycles. The third-order valence-electron chi connectivity index (χ3n) is 3.47. The lowest BCUT2D eigenvalue weighted by Crippen LogP contribution is -2.14. The first-order valence-electron chi connectivity index (χ1n) is 7.07. The molecule has 0 aliphatic heterocycles. The van der Waals surface area contributed by atoms with E-state index >= 15 is 0 Å². The minimum absolute atomic E-state index is 0.155. The molecule has 0 atom stereocenters. The number of carbonyl (C=O) groups excluding carboxylic acids is 1. The molecule has 116 valence electrons. The van der Waals surface area contributed by atoms with Gasteiger partial charge in [0.05, 0.1) is 0 Å². The third-order valence-corrected chi connectivity index (χ3v) is 3.47. The number of fused-ring (bicyclic) bond motifs is 1. The molecule has 1 amide bonds. The van der Waals surface area contributed by atoms with Crippen molar-refractivity contribution < 1.29 is 9.72 Å². The van der Waals surface area contributed by atoms with Crippen molar-refractivity contribution in [3.8, 4) is 0 Å².